The molecule has 3 N–H and O–H groups in total. The molecular formula is C18H26N4. The Bertz CT molecular complexity index is 558. The average molecular weight is 298 g/mol. The summed E-state index contributed by atoms with van der Waals surface area (Å²) in [5.74, 6) is 0. The van der Waals surface area contributed by atoms with Gasteiger partial charge in [-0.15, -0.1) is 0 Å². The molecule has 22 heavy (non-hydrogen) atoms. The fraction of sp³-hybridized carbons (Fsp3) is 0.444. The molecule has 1 aromatic heterocycles. The predicted molar refractivity (Wildman–Crippen MR) is 92.2 cm³/mol. The maximum absolute atomic E-state index is 6.13. The normalized spacial score (nSPS) is 19.1. The molecule has 118 valence electrons. The number of hydrogen-bond donors (Lipinski definition) is 2. The van der Waals surface area contributed by atoms with Crippen molar-refractivity contribution in [2.75, 3.05) is 37.6 Å². The molecule has 0 amide bonds. The highest BCUT2D eigenvalue weighted by Crippen LogP contribution is 2.23. The topological polar surface area (TPSA) is 48.3 Å². The molecule has 0 aliphatic carbocycles. The quantitative estimate of drug-likeness (QED) is 0.889. The van der Waals surface area contributed by atoms with Gasteiger partial charge in [-0.3, -0.25) is 4.90 Å². The first-order valence-electron chi connectivity index (χ1n) is 8.09. The number of para-hydroxylation sites is 1. The number of anilines is 1. The summed E-state index contributed by atoms with van der Waals surface area (Å²) in [6.45, 7) is 7.20. The molecule has 2 heterocycles. The molecule has 1 aliphatic rings. The van der Waals surface area contributed by atoms with Crippen LogP contribution in [0.5, 0.6) is 0 Å². The van der Waals surface area contributed by atoms with Crippen molar-refractivity contribution in [1.82, 2.24) is 9.88 Å². The lowest BCUT2D eigenvalue weighted by molar-refractivity contribution is 0.102. The zero-order chi connectivity index (χ0) is 15.4. The van der Waals surface area contributed by atoms with Gasteiger partial charge in [-0.2, -0.15) is 0 Å². The third kappa shape index (κ3) is 3.18. The van der Waals surface area contributed by atoms with Crippen LogP contribution in [0, 0.1) is 0 Å². The Morgan fingerprint density at radius 1 is 1.05 bits per heavy atom. The smallest absolute Gasteiger partial charge is 0.0367 e. The summed E-state index contributed by atoms with van der Waals surface area (Å²) in [6.07, 6.45) is 2.96. The molecule has 4 nitrogen and oxygen atoms in total. The number of piperazine rings is 1. The van der Waals surface area contributed by atoms with Gasteiger partial charge in [0.1, 0.15) is 0 Å². The predicted octanol–water partition coefficient (Wildman–Crippen LogP) is 2.10. The highest BCUT2D eigenvalue weighted by Gasteiger charge is 2.33. The van der Waals surface area contributed by atoms with Gasteiger partial charge in [0.2, 0.25) is 0 Å². The van der Waals surface area contributed by atoms with Gasteiger partial charge in [0.15, 0.2) is 0 Å². The molecule has 2 aromatic rings. The summed E-state index contributed by atoms with van der Waals surface area (Å²) in [7, 11) is 0. The SMILES string of the molecule is CC(CN)(Cc1ccc[nH]1)N1CCN(c2ccccc2)CC1. The van der Waals surface area contributed by atoms with Crippen molar-refractivity contribution in [3.8, 4) is 0 Å². The highest BCUT2D eigenvalue weighted by atomic mass is 15.3. The Balaban J connectivity index is 1.64. The van der Waals surface area contributed by atoms with Crippen LogP contribution in [0.2, 0.25) is 0 Å². The number of rotatable bonds is 5. The molecule has 0 saturated carbocycles. The fourth-order valence-electron chi connectivity index (χ4n) is 3.34. The number of nitrogens with one attached hydrogen (secondary N) is 1. The van der Waals surface area contributed by atoms with E-state index in [-0.39, 0.29) is 5.54 Å². The van der Waals surface area contributed by atoms with Crippen molar-refractivity contribution in [2.45, 2.75) is 18.9 Å². The second kappa shape index (κ2) is 6.55. The van der Waals surface area contributed by atoms with Crippen LogP contribution in [-0.4, -0.2) is 48.1 Å². The third-order valence-electron chi connectivity index (χ3n) is 4.84. The van der Waals surface area contributed by atoms with E-state index in [0.717, 1.165) is 32.6 Å². The Morgan fingerprint density at radius 2 is 1.77 bits per heavy atom. The van der Waals surface area contributed by atoms with E-state index in [0.29, 0.717) is 6.54 Å². The van der Waals surface area contributed by atoms with Crippen molar-refractivity contribution in [1.29, 1.82) is 0 Å². The van der Waals surface area contributed by atoms with E-state index in [4.69, 9.17) is 5.73 Å². The minimum Gasteiger partial charge on any atom is -0.369 e. The number of H-pyrrole nitrogens is 1. The minimum atomic E-state index is 0.0215. The largest absolute Gasteiger partial charge is 0.369 e. The van der Waals surface area contributed by atoms with E-state index >= 15 is 0 Å². The third-order valence-corrected chi connectivity index (χ3v) is 4.84. The lowest BCUT2D eigenvalue weighted by Crippen LogP contribution is -2.60. The maximum Gasteiger partial charge on any atom is 0.0367 e. The molecule has 1 aromatic carbocycles. The molecule has 1 fully saturated rings. The number of nitrogens with zero attached hydrogens (tertiary/aromatic N) is 2. The van der Waals surface area contributed by atoms with Gasteiger partial charge in [-0.05, 0) is 31.2 Å². The van der Waals surface area contributed by atoms with E-state index < -0.39 is 0 Å². The second-order valence-corrected chi connectivity index (χ2v) is 6.38. The summed E-state index contributed by atoms with van der Waals surface area (Å²) >= 11 is 0. The zero-order valence-corrected chi connectivity index (χ0v) is 13.3. The van der Waals surface area contributed by atoms with Crippen LogP contribution in [0.1, 0.15) is 12.6 Å². The molecule has 1 aliphatic heterocycles. The first-order valence-corrected chi connectivity index (χ1v) is 8.09. The molecule has 1 saturated heterocycles. The van der Waals surface area contributed by atoms with Crippen LogP contribution >= 0.6 is 0 Å². The van der Waals surface area contributed by atoms with Crippen LogP contribution in [0.25, 0.3) is 0 Å². The van der Waals surface area contributed by atoms with Gasteiger partial charge in [0.05, 0.1) is 0 Å². The van der Waals surface area contributed by atoms with E-state index in [1.807, 2.05) is 6.20 Å². The maximum atomic E-state index is 6.13. The summed E-state index contributed by atoms with van der Waals surface area (Å²) in [5, 5.41) is 0. The van der Waals surface area contributed by atoms with E-state index in [1.165, 1.54) is 11.4 Å². The molecule has 0 radical (unpaired) electrons. The van der Waals surface area contributed by atoms with Gasteiger partial charge in [0.25, 0.3) is 0 Å². The number of hydrogen-bond acceptors (Lipinski definition) is 3. The van der Waals surface area contributed by atoms with E-state index in [1.54, 1.807) is 0 Å². The Kier molecular flexibility index (Phi) is 4.50. The van der Waals surface area contributed by atoms with E-state index in [2.05, 4.69) is 64.2 Å². The Labute approximate surface area is 132 Å². The average Bonchev–Trinajstić information content (AvgIpc) is 3.08. The molecule has 0 spiro atoms. The molecular weight excluding hydrogens is 272 g/mol. The molecule has 0 bridgehead atoms. The fourth-order valence-corrected chi connectivity index (χ4v) is 3.34. The summed E-state index contributed by atoms with van der Waals surface area (Å²) < 4.78 is 0. The first kappa shape index (κ1) is 15.1. The van der Waals surface area contributed by atoms with Crippen molar-refractivity contribution < 1.29 is 0 Å². The molecule has 3 rings (SSSR count). The van der Waals surface area contributed by atoms with Crippen LogP contribution < -0.4 is 10.6 Å². The van der Waals surface area contributed by atoms with Crippen LogP contribution in [0.15, 0.2) is 48.7 Å². The first-order chi connectivity index (χ1) is 10.7. The van der Waals surface area contributed by atoms with E-state index in [9.17, 15) is 0 Å². The highest BCUT2D eigenvalue weighted by molar-refractivity contribution is 5.46. The second-order valence-electron chi connectivity index (χ2n) is 6.38. The molecule has 4 heteroatoms. The van der Waals surface area contributed by atoms with Gasteiger partial charge >= 0.3 is 0 Å². The number of aromatic nitrogens is 1. The Morgan fingerprint density at radius 3 is 2.36 bits per heavy atom. The van der Waals surface area contributed by atoms with Crippen molar-refractivity contribution in [3.63, 3.8) is 0 Å². The number of aromatic amines is 1. The lowest BCUT2D eigenvalue weighted by atomic mass is 9.92. The van der Waals surface area contributed by atoms with Crippen molar-refractivity contribution in [2.24, 2.45) is 5.73 Å². The van der Waals surface area contributed by atoms with Gasteiger partial charge < -0.3 is 15.6 Å². The summed E-state index contributed by atoms with van der Waals surface area (Å²) in [4.78, 5) is 8.32. The van der Waals surface area contributed by atoms with Crippen LogP contribution in [0.4, 0.5) is 5.69 Å². The van der Waals surface area contributed by atoms with Crippen molar-refractivity contribution >= 4 is 5.69 Å². The monoisotopic (exact) mass is 298 g/mol. The number of benzene rings is 1. The molecule has 1 unspecified atom stereocenters. The lowest BCUT2D eigenvalue weighted by Gasteiger charge is -2.46. The van der Waals surface area contributed by atoms with Crippen LogP contribution in [0.3, 0.4) is 0 Å². The molecule has 1 atom stereocenters. The van der Waals surface area contributed by atoms with Gasteiger partial charge in [0, 0.05) is 62.3 Å². The standard InChI is InChI=1S/C18H26N4/c1-18(15-19,14-16-6-5-9-20-16)22-12-10-21(11-13-22)17-7-3-2-4-8-17/h2-9,20H,10-15,19H2,1H3. The zero-order valence-electron chi connectivity index (χ0n) is 13.3. The number of nitrogens with two attached hydrogens (primary N) is 1. The minimum absolute atomic E-state index is 0.0215. The van der Waals surface area contributed by atoms with Crippen molar-refractivity contribution in [3.05, 3.63) is 54.4 Å². The van der Waals surface area contributed by atoms with Crippen LogP contribution in [-0.2, 0) is 6.42 Å². The summed E-state index contributed by atoms with van der Waals surface area (Å²) in [5.41, 5.74) is 8.74. The summed E-state index contributed by atoms with van der Waals surface area (Å²) in [6, 6.07) is 14.9. The Hall–Kier alpha value is -1.78. The van der Waals surface area contributed by atoms with Gasteiger partial charge in [-0.1, -0.05) is 18.2 Å². The van der Waals surface area contributed by atoms with Gasteiger partial charge in [-0.25, -0.2) is 0 Å².